The Bertz CT molecular complexity index is 335. The number of carbonyl (C=O) groups is 2. The SMILES string of the molecule is CCCC(CBr)CN1CC(=O)N2CCCC2C1=O. The molecule has 2 heterocycles. The Hall–Kier alpha value is -0.580. The fourth-order valence-corrected chi connectivity index (χ4v) is 3.48. The van der Waals surface area contributed by atoms with Crippen molar-refractivity contribution in [3.8, 4) is 0 Å². The summed E-state index contributed by atoms with van der Waals surface area (Å²) in [5, 5.41) is 0.896. The van der Waals surface area contributed by atoms with Crippen molar-refractivity contribution < 1.29 is 9.59 Å². The molecule has 5 heteroatoms. The van der Waals surface area contributed by atoms with E-state index in [4.69, 9.17) is 0 Å². The molecule has 0 aromatic rings. The Labute approximate surface area is 117 Å². The van der Waals surface area contributed by atoms with Gasteiger partial charge in [-0.05, 0) is 25.2 Å². The van der Waals surface area contributed by atoms with Crippen molar-refractivity contribution in [2.75, 3.05) is 25.0 Å². The molecule has 2 atom stereocenters. The number of hydrogen-bond donors (Lipinski definition) is 0. The molecule has 0 N–H and O–H groups in total. The maximum absolute atomic E-state index is 12.3. The van der Waals surface area contributed by atoms with Crippen LogP contribution in [0.3, 0.4) is 0 Å². The second-order valence-electron chi connectivity index (χ2n) is 5.27. The molecular weight excluding hydrogens is 296 g/mol. The molecule has 2 rings (SSSR count). The molecule has 2 unspecified atom stereocenters. The number of rotatable bonds is 5. The summed E-state index contributed by atoms with van der Waals surface area (Å²) in [7, 11) is 0. The van der Waals surface area contributed by atoms with E-state index < -0.39 is 0 Å². The number of nitrogens with zero attached hydrogens (tertiary/aromatic N) is 2. The highest BCUT2D eigenvalue weighted by Gasteiger charge is 2.42. The summed E-state index contributed by atoms with van der Waals surface area (Å²) in [6, 6.07) is -0.163. The normalized spacial score (nSPS) is 25.6. The van der Waals surface area contributed by atoms with E-state index in [0.29, 0.717) is 12.5 Å². The van der Waals surface area contributed by atoms with Crippen LogP contribution < -0.4 is 0 Å². The standard InChI is InChI=1S/C13H21BrN2O2/c1-2-4-10(7-14)8-15-9-12(17)16-6-3-5-11(16)13(15)18/h10-11H,2-9H2,1H3. The molecule has 2 aliphatic rings. The number of piperazine rings is 1. The Morgan fingerprint density at radius 2 is 2.22 bits per heavy atom. The van der Waals surface area contributed by atoms with E-state index in [-0.39, 0.29) is 24.4 Å². The summed E-state index contributed by atoms with van der Waals surface area (Å²) in [6.07, 6.45) is 4.01. The zero-order valence-corrected chi connectivity index (χ0v) is 12.5. The first kappa shape index (κ1) is 13.8. The fraction of sp³-hybridized carbons (Fsp3) is 0.846. The number of carbonyl (C=O) groups excluding carboxylic acids is 2. The molecule has 0 saturated carbocycles. The Kier molecular flexibility index (Phi) is 4.65. The first-order valence-electron chi connectivity index (χ1n) is 6.81. The molecule has 0 bridgehead atoms. The smallest absolute Gasteiger partial charge is 0.245 e. The highest BCUT2D eigenvalue weighted by molar-refractivity contribution is 9.09. The number of hydrogen-bond acceptors (Lipinski definition) is 2. The van der Waals surface area contributed by atoms with E-state index in [1.54, 1.807) is 9.80 Å². The van der Waals surface area contributed by atoms with Crippen molar-refractivity contribution in [1.82, 2.24) is 9.80 Å². The zero-order chi connectivity index (χ0) is 13.1. The minimum Gasteiger partial charge on any atom is -0.331 e. The van der Waals surface area contributed by atoms with Crippen LogP contribution in [-0.2, 0) is 9.59 Å². The third-order valence-electron chi connectivity index (χ3n) is 3.89. The Morgan fingerprint density at radius 1 is 1.44 bits per heavy atom. The second kappa shape index (κ2) is 6.04. The molecule has 2 fully saturated rings. The van der Waals surface area contributed by atoms with E-state index in [1.165, 1.54) is 0 Å². The molecule has 0 aromatic carbocycles. The van der Waals surface area contributed by atoms with Crippen LogP contribution in [0.15, 0.2) is 0 Å². The number of alkyl halides is 1. The lowest BCUT2D eigenvalue weighted by molar-refractivity contribution is -0.154. The average Bonchev–Trinajstić information content (AvgIpc) is 2.84. The van der Waals surface area contributed by atoms with Crippen molar-refractivity contribution in [3.05, 3.63) is 0 Å². The first-order valence-corrected chi connectivity index (χ1v) is 7.93. The quantitative estimate of drug-likeness (QED) is 0.723. The minimum absolute atomic E-state index is 0.127. The first-order chi connectivity index (χ1) is 8.67. The predicted octanol–water partition coefficient (Wildman–Crippen LogP) is 1.63. The van der Waals surface area contributed by atoms with Gasteiger partial charge in [0.05, 0.1) is 6.54 Å². The number of fused-ring (bicyclic) bond motifs is 1. The van der Waals surface area contributed by atoms with Crippen molar-refractivity contribution in [2.45, 2.75) is 38.6 Å². The summed E-state index contributed by atoms with van der Waals surface area (Å²) in [4.78, 5) is 27.8. The molecule has 0 radical (unpaired) electrons. The lowest BCUT2D eigenvalue weighted by atomic mass is 10.0. The van der Waals surface area contributed by atoms with Crippen LogP contribution in [0, 0.1) is 5.92 Å². The minimum atomic E-state index is -0.163. The van der Waals surface area contributed by atoms with E-state index in [1.807, 2.05) is 0 Å². The van der Waals surface area contributed by atoms with Gasteiger partial charge in [-0.3, -0.25) is 9.59 Å². The van der Waals surface area contributed by atoms with Gasteiger partial charge >= 0.3 is 0 Å². The molecule has 2 saturated heterocycles. The monoisotopic (exact) mass is 316 g/mol. The number of halogens is 1. The van der Waals surface area contributed by atoms with Crippen LogP contribution >= 0.6 is 15.9 Å². The molecule has 0 aromatic heterocycles. The Morgan fingerprint density at radius 3 is 2.89 bits per heavy atom. The average molecular weight is 317 g/mol. The van der Waals surface area contributed by atoms with E-state index in [9.17, 15) is 9.59 Å². The molecule has 2 aliphatic heterocycles. The van der Waals surface area contributed by atoms with Crippen LogP contribution in [-0.4, -0.2) is 52.6 Å². The van der Waals surface area contributed by atoms with Gasteiger partial charge in [-0.2, -0.15) is 0 Å². The van der Waals surface area contributed by atoms with E-state index in [0.717, 1.165) is 37.6 Å². The van der Waals surface area contributed by atoms with Crippen LogP contribution in [0.1, 0.15) is 32.6 Å². The van der Waals surface area contributed by atoms with Crippen LogP contribution in [0.2, 0.25) is 0 Å². The van der Waals surface area contributed by atoms with Crippen LogP contribution in [0.25, 0.3) is 0 Å². The third kappa shape index (κ3) is 2.71. The highest BCUT2D eigenvalue weighted by atomic mass is 79.9. The fourth-order valence-electron chi connectivity index (χ4n) is 2.96. The number of amides is 2. The molecule has 0 aliphatic carbocycles. The maximum atomic E-state index is 12.3. The second-order valence-corrected chi connectivity index (χ2v) is 5.92. The summed E-state index contributed by atoms with van der Waals surface area (Å²) < 4.78 is 0. The van der Waals surface area contributed by atoms with Crippen LogP contribution in [0.5, 0.6) is 0 Å². The van der Waals surface area contributed by atoms with Gasteiger partial charge in [-0.1, -0.05) is 29.3 Å². The van der Waals surface area contributed by atoms with Crippen molar-refractivity contribution in [1.29, 1.82) is 0 Å². The maximum Gasteiger partial charge on any atom is 0.245 e. The summed E-state index contributed by atoms with van der Waals surface area (Å²) >= 11 is 3.50. The van der Waals surface area contributed by atoms with Gasteiger partial charge in [0.2, 0.25) is 11.8 Å². The van der Waals surface area contributed by atoms with Gasteiger partial charge < -0.3 is 9.80 Å². The third-order valence-corrected chi connectivity index (χ3v) is 4.81. The van der Waals surface area contributed by atoms with Gasteiger partial charge in [-0.15, -0.1) is 0 Å². The van der Waals surface area contributed by atoms with Crippen LogP contribution in [0.4, 0.5) is 0 Å². The highest BCUT2D eigenvalue weighted by Crippen LogP contribution is 2.25. The molecule has 18 heavy (non-hydrogen) atoms. The van der Waals surface area contributed by atoms with Gasteiger partial charge in [0, 0.05) is 18.4 Å². The topological polar surface area (TPSA) is 40.6 Å². The molecule has 2 amide bonds. The predicted molar refractivity (Wildman–Crippen MR) is 73.5 cm³/mol. The molecule has 0 spiro atoms. The van der Waals surface area contributed by atoms with Gasteiger partial charge in [0.15, 0.2) is 0 Å². The van der Waals surface area contributed by atoms with Gasteiger partial charge in [0.1, 0.15) is 6.04 Å². The van der Waals surface area contributed by atoms with Gasteiger partial charge in [-0.25, -0.2) is 0 Å². The lowest BCUT2D eigenvalue weighted by Gasteiger charge is -2.37. The Balaban J connectivity index is 2.00. The molecule has 102 valence electrons. The van der Waals surface area contributed by atoms with Crippen molar-refractivity contribution >= 4 is 27.7 Å². The molecular formula is C13H21BrN2O2. The largest absolute Gasteiger partial charge is 0.331 e. The summed E-state index contributed by atoms with van der Waals surface area (Å²) in [5.41, 5.74) is 0. The molecule has 4 nitrogen and oxygen atoms in total. The van der Waals surface area contributed by atoms with Crippen molar-refractivity contribution in [3.63, 3.8) is 0 Å². The van der Waals surface area contributed by atoms with E-state index in [2.05, 4.69) is 22.9 Å². The van der Waals surface area contributed by atoms with Gasteiger partial charge in [0.25, 0.3) is 0 Å². The summed E-state index contributed by atoms with van der Waals surface area (Å²) in [6.45, 7) is 3.91. The van der Waals surface area contributed by atoms with Crippen molar-refractivity contribution in [2.24, 2.45) is 5.92 Å². The lowest BCUT2D eigenvalue weighted by Crippen LogP contribution is -2.58. The zero-order valence-electron chi connectivity index (χ0n) is 10.9. The summed E-state index contributed by atoms with van der Waals surface area (Å²) in [5.74, 6) is 0.746. The van der Waals surface area contributed by atoms with E-state index >= 15 is 0 Å².